The molecule has 0 radical (unpaired) electrons. The van der Waals surface area contributed by atoms with Crippen molar-refractivity contribution in [1.29, 1.82) is 0 Å². The van der Waals surface area contributed by atoms with Crippen LogP contribution in [-0.4, -0.2) is 41.3 Å². The lowest BCUT2D eigenvalue weighted by Crippen LogP contribution is -2.47. The summed E-state index contributed by atoms with van der Waals surface area (Å²) in [7, 11) is 3.48. The number of hydrogen-bond acceptors (Lipinski definition) is 5. The monoisotopic (exact) mass is 457 g/mol. The molecule has 32 heavy (non-hydrogen) atoms. The smallest absolute Gasteiger partial charge is 0.245 e. The Morgan fingerprint density at radius 2 is 1.88 bits per heavy atom. The number of methoxy groups -OCH3 is 1. The lowest BCUT2D eigenvalue weighted by atomic mass is 10.0. The highest BCUT2D eigenvalue weighted by atomic mass is 32.1. The summed E-state index contributed by atoms with van der Waals surface area (Å²) < 4.78 is 24.8. The van der Waals surface area contributed by atoms with Gasteiger partial charge in [-0.3, -0.25) is 4.79 Å². The average Bonchev–Trinajstić information content (AvgIpc) is 3.40. The van der Waals surface area contributed by atoms with Crippen molar-refractivity contribution in [2.45, 2.75) is 50.8 Å². The molecule has 0 bridgehead atoms. The van der Waals surface area contributed by atoms with Crippen LogP contribution in [0.2, 0.25) is 0 Å². The Hall–Kier alpha value is -2.71. The van der Waals surface area contributed by atoms with Crippen LogP contribution in [0.3, 0.4) is 0 Å². The van der Waals surface area contributed by atoms with E-state index in [2.05, 4.69) is 5.32 Å². The van der Waals surface area contributed by atoms with Crippen LogP contribution in [0.5, 0.6) is 11.5 Å². The van der Waals surface area contributed by atoms with E-state index in [0.717, 1.165) is 24.0 Å². The highest BCUT2D eigenvalue weighted by Gasteiger charge is 2.38. The standard InChI is InChI=1S/C24H28FN3O3S/c1-27-20(17-9-12-21(30-2)22(13-17)31-19-5-3-4-6-19)14-23(29)28(27)24(32)26-15-16-7-10-18(25)11-8-16/h7-13,19-20H,3-6,14-15H2,1-2H3,(H,26,32). The van der Waals surface area contributed by atoms with Gasteiger partial charge in [0, 0.05) is 13.6 Å². The van der Waals surface area contributed by atoms with Crippen LogP contribution in [0.4, 0.5) is 4.39 Å². The Morgan fingerprint density at radius 3 is 2.56 bits per heavy atom. The van der Waals surface area contributed by atoms with Gasteiger partial charge in [-0.1, -0.05) is 18.2 Å². The Kier molecular flexibility index (Phi) is 6.91. The lowest BCUT2D eigenvalue weighted by molar-refractivity contribution is -0.130. The van der Waals surface area contributed by atoms with E-state index in [1.165, 1.54) is 30.0 Å². The van der Waals surface area contributed by atoms with Gasteiger partial charge in [-0.25, -0.2) is 14.4 Å². The van der Waals surface area contributed by atoms with E-state index in [1.54, 1.807) is 19.2 Å². The number of nitrogens with zero attached hydrogens (tertiary/aromatic N) is 2. The van der Waals surface area contributed by atoms with Gasteiger partial charge < -0.3 is 14.8 Å². The summed E-state index contributed by atoms with van der Waals surface area (Å²) >= 11 is 5.49. The second-order valence-electron chi connectivity index (χ2n) is 8.22. The fraction of sp³-hybridized carbons (Fsp3) is 0.417. The second-order valence-corrected chi connectivity index (χ2v) is 8.61. The van der Waals surface area contributed by atoms with Gasteiger partial charge in [-0.15, -0.1) is 0 Å². The van der Waals surface area contributed by atoms with Gasteiger partial charge in [-0.05, 0) is 73.3 Å². The minimum Gasteiger partial charge on any atom is -0.493 e. The zero-order valence-corrected chi connectivity index (χ0v) is 19.2. The molecule has 6 nitrogen and oxygen atoms in total. The molecule has 1 unspecified atom stereocenters. The number of carbonyl (C=O) groups is 1. The topological polar surface area (TPSA) is 54.0 Å². The number of nitrogens with one attached hydrogen (secondary N) is 1. The van der Waals surface area contributed by atoms with E-state index in [4.69, 9.17) is 21.7 Å². The molecular formula is C24H28FN3O3S. The van der Waals surface area contributed by atoms with Crippen molar-refractivity contribution in [2.75, 3.05) is 14.2 Å². The quantitative estimate of drug-likeness (QED) is 0.651. The first-order valence-corrected chi connectivity index (χ1v) is 11.3. The first-order valence-electron chi connectivity index (χ1n) is 10.9. The third-order valence-corrected chi connectivity index (χ3v) is 6.41. The number of hydrazine groups is 1. The van der Waals surface area contributed by atoms with Crippen molar-refractivity contribution in [3.8, 4) is 11.5 Å². The molecule has 1 heterocycles. The molecule has 170 valence electrons. The van der Waals surface area contributed by atoms with Crippen LogP contribution >= 0.6 is 12.2 Å². The van der Waals surface area contributed by atoms with E-state index in [0.29, 0.717) is 29.6 Å². The molecule has 4 rings (SSSR count). The number of rotatable bonds is 6. The van der Waals surface area contributed by atoms with E-state index in [1.807, 2.05) is 30.3 Å². The molecule has 0 spiro atoms. The van der Waals surface area contributed by atoms with Gasteiger partial charge in [0.05, 0.1) is 25.7 Å². The largest absolute Gasteiger partial charge is 0.493 e. The Balaban J connectivity index is 1.46. The van der Waals surface area contributed by atoms with Crippen molar-refractivity contribution >= 4 is 23.2 Å². The third kappa shape index (κ3) is 4.86. The third-order valence-electron chi connectivity index (χ3n) is 6.09. The number of hydrogen-bond donors (Lipinski definition) is 1. The summed E-state index contributed by atoms with van der Waals surface area (Å²) in [6.07, 6.45) is 4.99. The SMILES string of the molecule is COc1ccc(C2CC(=O)N(C(=S)NCc3ccc(F)cc3)N2C)cc1OC1CCCC1. The summed E-state index contributed by atoms with van der Waals surface area (Å²) in [6, 6.07) is 11.9. The molecule has 2 aromatic carbocycles. The maximum atomic E-state index is 13.1. The zero-order valence-electron chi connectivity index (χ0n) is 18.3. The Labute approximate surface area is 193 Å². The molecule has 1 aliphatic carbocycles. The summed E-state index contributed by atoms with van der Waals surface area (Å²) in [5, 5.41) is 6.76. The van der Waals surface area contributed by atoms with Crippen molar-refractivity contribution in [1.82, 2.24) is 15.3 Å². The van der Waals surface area contributed by atoms with Crippen molar-refractivity contribution < 1.29 is 18.7 Å². The van der Waals surface area contributed by atoms with Gasteiger partial charge in [0.25, 0.3) is 0 Å². The maximum absolute atomic E-state index is 13.1. The van der Waals surface area contributed by atoms with Gasteiger partial charge in [-0.2, -0.15) is 0 Å². The summed E-state index contributed by atoms with van der Waals surface area (Å²) in [5.74, 6) is 1.04. The molecular weight excluding hydrogens is 429 g/mol. The molecule has 1 atom stereocenters. The normalized spacial score (nSPS) is 19.4. The predicted molar refractivity (Wildman–Crippen MR) is 124 cm³/mol. The number of carbonyl (C=O) groups excluding carboxylic acids is 1. The minimum atomic E-state index is -0.288. The molecule has 1 saturated heterocycles. The first-order chi connectivity index (χ1) is 15.5. The van der Waals surface area contributed by atoms with Crippen LogP contribution in [0.25, 0.3) is 0 Å². The second kappa shape index (κ2) is 9.83. The fourth-order valence-corrected chi connectivity index (χ4v) is 4.63. The summed E-state index contributed by atoms with van der Waals surface area (Å²) in [6.45, 7) is 0.406. The Bertz CT molecular complexity index is 979. The van der Waals surface area contributed by atoms with Gasteiger partial charge >= 0.3 is 0 Å². The lowest BCUT2D eigenvalue weighted by Gasteiger charge is -2.29. The van der Waals surface area contributed by atoms with E-state index in [9.17, 15) is 9.18 Å². The molecule has 1 N–H and O–H groups in total. The van der Waals surface area contributed by atoms with Gasteiger partial charge in [0.2, 0.25) is 5.91 Å². The van der Waals surface area contributed by atoms with Crippen LogP contribution in [0.1, 0.15) is 49.3 Å². The Morgan fingerprint density at radius 1 is 1.16 bits per heavy atom. The molecule has 1 aliphatic heterocycles. The minimum absolute atomic E-state index is 0.0804. The molecule has 2 fully saturated rings. The van der Waals surface area contributed by atoms with E-state index in [-0.39, 0.29) is 23.9 Å². The number of benzene rings is 2. The van der Waals surface area contributed by atoms with Crippen LogP contribution < -0.4 is 14.8 Å². The molecule has 2 aromatic rings. The van der Waals surface area contributed by atoms with Crippen LogP contribution in [-0.2, 0) is 11.3 Å². The summed E-state index contributed by atoms with van der Waals surface area (Å²) in [5.41, 5.74) is 1.85. The van der Waals surface area contributed by atoms with Crippen LogP contribution in [0.15, 0.2) is 42.5 Å². The molecule has 2 aliphatic rings. The van der Waals surface area contributed by atoms with Crippen molar-refractivity contribution in [3.63, 3.8) is 0 Å². The molecule has 8 heteroatoms. The number of thiocarbonyl (C=S) groups is 1. The van der Waals surface area contributed by atoms with Crippen LogP contribution in [0, 0.1) is 5.82 Å². The molecule has 1 saturated carbocycles. The zero-order chi connectivity index (χ0) is 22.7. The van der Waals surface area contributed by atoms with E-state index >= 15 is 0 Å². The van der Waals surface area contributed by atoms with Gasteiger partial charge in [0.1, 0.15) is 5.82 Å². The number of ether oxygens (including phenoxy) is 2. The van der Waals surface area contributed by atoms with Crippen molar-refractivity contribution in [2.24, 2.45) is 0 Å². The molecule has 0 aromatic heterocycles. The van der Waals surface area contributed by atoms with Gasteiger partial charge in [0.15, 0.2) is 16.6 Å². The highest BCUT2D eigenvalue weighted by Crippen LogP contribution is 2.38. The highest BCUT2D eigenvalue weighted by molar-refractivity contribution is 7.80. The molecule has 1 amide bonds. The number of halogens is 1. The fourth-order valence-electron chi connectivity index (χ4n) is 4.32. The van der Waals surface area contributed by atoms with E-state index < -0.39 is 0 Å². The summed E-state index contributed by atoms with van der Waals surface area (Å²) in [4.78, 5) is 12.8. The maximum Gasteiger partial charge on any atom is 0.245 e. The predicted octanol–water partition coefficient (Wildman–Crippen LogP) is 4.35. The first kappa shape index (κ1) is 22.5. The average molecular weight is 458 g/mol. The number of amides is 1. The van der Waals surface area contributed by atoms with Crippen molar-refractivity contribution in [3.05, 3.63) is 59.4 Å².